The molecule has 0 bridgehead atoms. The SMILES string of the molecule is COc1cccc(-c2ccnc(-n3ncc(C(=O)NCCc4cccnc4)c3C3CC3)n2)c1. The summed E-state index contributed by atoms with van der Waals surface area (Å²) >= 11 is 0. The minimum absolute atomic E-state index is 0.129. The first-order valence-electron chi connectivity index (χ1n) is 11.0. The largest absolute Gasteiger partial charge is 0.497 e. The van der Waals surface area contributed by atoms with E-state index in [2.05, 4.69) is 20.4 Å². The molecule has 1 amide bonds. The number of pyridine rings is 1. The Hall–Kier alpha value is -4.07. The lowest BCUT2D eigenvalue weighted by atomic mass is 10.1. The molecule has 166 valence electrons. The maximum absolute atomic E-state index is 13.0. The molecule has 4 aromatic rings. The molecule has 1 aliphatic rings. The summed E-state index contributed by atoms with van der Waals surface area (Å²) in [6.45, 7) is 0.529. The van der Waals surface area contributed by atoms with Crippen molar-refractivity contribution < 1.29 is 9.53 Å². The maximum Gasteiger partial charge on any atom is 0.254 e. The van der Waals surface area contributed by atoms with Crippen LogP contribution in [0.15, 0.2) is 67.3 Å². The number of methoxy groups -OCH3 is 1. The van der Waals surface area contributed by atoms with Gasteiger partial charge >= 0.3 is 0 Å². The Morgan fingerprint density at radius 1 is 1.15 bits per heavy atom. The molecule has 8 heteroatoms. The molecular formula is C25H24N6O2. The second-order valence-electron chi connectivity index (χ2n) is 7.97. The van der Waals surface area contributed by atoms with Crippen LogP contribution in [0.3, 0.4) is 0 Å². The Balaban J connectivity index is 1.39. The number of rotatable bonds is 8. The number of hydrogen-bond donors (Lipinski definition) is 1. The zero-order valence-electron chi connectivity index (χ0n) is 18.3. The van der Waals surface area contributed by atoms with Crippen molar-refractivity contribution >= 4 is 5.91 Å². The van der Waals surface area contributed by atoms with Crippen molar-refractivity contribution in [3.05, 3.63) is 84.1 Å². The zero-order chi connectivity index (χ0) is 22.6. The van der Waals surface area contributed by atoms with Crippen LogP contribution in [-0.4, -0.2) is 44.3 Å². The lowest BCUT2D eigenvalue weighted by Gasteiger charge is -2.10. The highest BCUT2D eigenvalue weighted by atomic mass is 16.5. The highest BCUT2D eigenvalue weighted by molar-refractivity contribution is 5.95. The first kappa shape index (κ1) is 20.8. The lowest BCUT2D eigenvalue weighted by molar-refractivity contribution is 0.0953. The molecule has 33 heavy (non-hydrogen) atoms. The molecule has 1 saturated carbocycles. The molecule has 0 spiro atoms. The van der Waals surface area contributed by atoms with Gasteiger partial charge in [-0.1, -0.05) is 18.2 Å². The van der Waals surface area contributed by atoms with Crippen LogP contribution in [0.4, 0.5) is 0 Å². The van der Waals surface area contributed by atoms with Crippen molar-refractivity contribution in [2.75, 3.05) is 13.7 Å². The molecule has 8 nitrogen and oxygen atoms in total. The van der Waals surface area contributed by atoms with Gasteiger partial charge in [0.1, 0.15) is 5.75 Å². The fourth-order valence-electron chi connectivity index (χ4n) is 3.80. The third-order valence-electron chi connectivity index (χ3n) is 5.63. The summed E-state index contributed by atoms with van der Waals surface area (Å²) in [7, 11) is 1.64. The van der Waals surface area contributed by atoms with Gasteiger partial charge in [0.15, 0.2) is 0 Å². The molecule has 1 aromatic carbocycles. The number of aromatic nitrogens is 5. The Labute approximate surface area is 191 Å². The average Bonchev–Trinajstić information content (AvgIpc) is 3.62. The fraction of sp³-hybridized carbons (Fsp3) is 0.240. The van der Waals surface area contributed by atoms with Gasteiger partial charge in [-0.25, -0.2) is 14.6 Å². The van der Waals surface area contributed by atoms with Crippen molar-refractivity contribution in [2.24, 2.45) is 0 Å². The molecule has 0 aliphatic heterocycles. The number of nitrogens with one attached hydrogen (secondary N) is 1. The van der Waals surface area contributed by atoms with Crippen molar-refractivity contribution in [3.8, 4) is 23.0 Å². The summed E-state index contributed by atoms with van der Waals surface area (Å²) in [5.74, 6) is 1.37. The highest BCUT2D eigenvalue weighted by Crippen LogP contribution is 2.42. The first-order chi connectivity index (χ1) is 16.2. The normalized spacial score (nSPS) is 13.0. The van der Waals surface area contributed by atoms with E-state index in [1.54, 1.807) is 30.4 Å². The van der Waals surface area contributed by atoms with Crippen LogP contribution in [0, 0.1) is 0 Å². The zero-order valence-corrected chi connectivity index (χ0v) is 18.3. The highest BCUT2D eigenvalue weighted by Gasteiger charge is 2.33. The second-order valence-corrected chi connectivity index (χ2v) is 7.97. The van der Waals surface area contributed by atoms with Crippen molar-refractivity contribution in [3.63, 3.8) is 0 Å². The number of hydrogen-bond acceptors (Lipinski definition) is 6. The Morgan fingerprint density at radius 3 is 2.85 bits per heavy atom. The average molecular weight is 441 g/mol. The van der Waals surface area contributed by atoms with E-state index in [0.29, 0.717) is 18.1 Å². The van der Waals surface area contributed by atoms with Crippen LogP contribution in [0.1, 0.15) is 40.4 Å². The summed E-state index contributed by atoms with van der Waals surface area (Å²) < 4.78 is 7.04. The maximum atomic E-state index is 13.0. The smallest absolute Gasteiger partial charge is 0.254 e. The molecule has 3 aromatic heterocycles. The number of carbonyl (C=O) groups excluding carboxylic acids is 1. The second kappa shape index (κ2) is 9.20. The van der Waals surface area contributed by atoms with E-state index in [-0.39, 0.29) is 11.8 Å². The molecule has 5 rings (SSSR count). The monoisotopic (exact) mass is 440 g/mol. The van der Waals surface area contributed by atoms with Crippen LogP contribution in [0.5, 0.6) is 5.75 Å². The van der Waals surface area contributed by atoms with Crippen molar-refractivity contribution in [1.29, 1.82) is 0 Å². The standard InChI is InChI=1S/C25H24N6O2/c1-33-20-6-2-5-19(14-20)22-10-13-28-25(30-22)31-23(18-7-8-18)21(16-29-31)24(32)27-12-9-17-4-3-11-26-15-17/h2-6,10-11,13-16,18H,7-9,12H2,1H3,(H,27,32). The molecule has 0 atom stereocenters. The summed E-state index contributed by atoms with van der Waals surface area (Å²) in [6.07, 6.45) is 9.65. The van der Waals surface area contributed by atoms with E-state index in [1.165, 1.54) is 0 Å². The van der Waals surface area contributed by atoms with Crippen LogP contribution in [0.2, 0.25) is 0 Å². The van der Waals surface area contributed by atoms with Crippen LogP contribution >= 0.6 is 0 Å². The van der Waals surface area contributed by atoms with Gasteiger partial charge < -0.3 is 10.1 Å². The van der Waals surface area contributed by atoms with E-state index in [1.807, 2.05) is 48.7 Å². The summed E-state index contributed by atoms with van der Waals surface area (Å²) in [5, 5.41) is 7.51. The van der Waals surface area contributed by atoms with Gasteiger partial charge in [0.2, 0.25) is 0 Å². The predicted molar refractivity (Wildman–Crippen MR) is 123 cm³/mol. The van der Waals surface area contributed by atoms with E-state index in [4.69, 9.17) is 9.72 Å². The van der Waals surface area contributed by atoms with E-state index >= 15 is 0 Å². The van der Waals surface area contributed by atoms with Gasteiger partial charge in [0.05, 0.1) is 30.3 Å². The number of amides is 1. The van der Waals surface area contributed by atoms with Crippen molar-refractivity contribution in [2.45, 2.75) is 25.2 Å². The first-order valence-corrected chi connectivity index (χ1v) is 11.0. The van der Waals surface area contributed by atoms with Crippen LogP contribution < -0.4 is 10.1 Å². The summed E-state index contributed by atoms with van der Waals surface area (Å²) in [5.41, 5.74) is 4.22. The predicted octanol–water partition coefficient (Wildman–Crippen LogP) is 3.58. The Bertz CT molecular complexity index is 1270. The quantitative estimate of drug-likeness (QED) is 0.450. The van der Waals surface area contributed by atoms with Gasteiger partial charge in [-0.2, -0.15) is 5.10 Å². The molecular weight excluding hydrogens is 416 g/mol. The van der Waals surface area contributed by atoms with Crippen LogP contribution in [-0.2, 0) is 6.42 Å². The van der Waals surface area contributed by atoms with Crippen LogP contribution in [0.25, 0.3) is 17.2 Å². The molecule has 1 N–H and O–H groups in total. The molecule has 0 unspecified atom stereocenters. The fourth-order valence-corrected chi connectivity index (χ4v) is 3.80. The summed E-state index contributed by atoms with van der Waals surface area (Å²) in [6, 6.07) is 13.5. The third kappa shape index (κ3) is 4.59. The topological polar surface area (TPSA) is 94.8 Å². The van der Waals surface area contributed by atoms with E-state index in [0.717, 1.165) is 47.5 Å². The molecule has 3 heterocycles. The van der Waals surface area contributed by atoms with Crippen molar-refractivity contribution in [1.82, 2.24) is 30.0 Å². The third-order valence-corrected chi connectivity index (χ3v) is 5.63. The molecule has 0 saturated heterocycles. The van der Waals surface area contributed by atoms with Gasteiger partial charge in [-0.15, -0.1) is 0 Å². The molecule has 1 fully saturated rings. The van der Waals surface area contributed by atoms with E-state index in [9.17, 15) is 4.79 Å². The minimum atomic E-state index is -0.129. The molecule has 1 aliphatic carbocycles. The number of carbonyl (C=O) groups is 1. The Morgan fingerprint density at radius 2 is 2.06 bits per heavy atom. The van der Waals surface area contributed by atoms with Gasteiger partial charge in [-0.3, -0.25) is 9.78 Å². The van der Waals surface area contributed by atoms with Gasteiger partial charge in [0, 0.05) is 36.6 Å². The lowest BCUT2D eigenvalue weighted by Crippen LogP contribution is -2.26. The van der Waals surface area contributed by atoms with E-state index < -0.39 is 0 Å². The van der Waals surface area contributed by atoms with Gasteiger partial charge in [0.25, 0.3) is 11.9 Å². The molecule has 0 radical (unpaired) electrons. The Kier molecular flexibility index (Phi) is 5.80. The number of benzene rings is 1. The number of nitrogens with zero attached hydrogens (tertiary/aromatic N) is 5. The number of ether oxygens (including phenoxy) is 1. The summed E-state index contributed by atoms with van der Waals surface area (Å²) in [4.78, 5) is 26.2. The minimum Gasteiger partial charge on any atom is -0.497 e. The van der Waals surface area contributed by atoms with Gasteiger partial charge in [-0.05, 0) is 49.1 Å².